The molecule has 0 radical (unpaired) electrons. The van der Waals surface area contributed by atoms with Crippen LogP contribution in [0.1, 0.15) is 45.1 Å². The highest BCUT2D eigenvalue weighted by Gasteiger charge is 2.05. The van der Waals surface area contributed by atoms with Gasteiger partial charge in [-0.1, -0.05) is 71.6 Å². The molecule has 0 fully saturated rings. The fourth-order valence-corrected chi connectivity index (χ4v) is 2.19. The van der Waals surface area contributed by atoms with Crippen LogP contribution >= 0.6 is 15.9 Å². The number of hydrogen-bond acceptors (Lipinski definition) is 2. The second-order valence-corrected chi connectivity index (χ2v) is 6.01. The van der Waals surface area contributed by atoms with E-state index in [4.69, 9.17) is 4.74 Å². The number of benzene rings is 1. The number of halogens is 1. The second kappa shape index (κ2) is 10.4. The summed E-state index contributed by atoms with van der Waals surface area (Å²) >= 11 is 3.53. The molecule has 0 saturated carbocycles. The Kier molecular flexibility index (Phi) is 8.83. The van der Waals surface area contributed by atoms with Crippen molar-refractivity contribution < 1.29 is 9.53 Å². The van der Waals surface area contributed by atoms with Crippen molar-refractivity contribution in [1.29, 1.82) is 0 Å². The maximum atomic E-state index is 11.6. The van der Waals surface area contributed by atoms with Crippen molar-refractivity contribution in [2.24, 2.45) is 0 Å². The van der Waals surface area contributed by atoms with Crippen molar-refractivity contribution in [1.82, 2.24) is 5.32 Å². The highest BCUT2D eigenvalue weighted by molar-refractivity contribution is 9.11. The van der Waals surface area contributed by atoms with Crippen LogP contribution in [0.3, 0.4) is 0 Å². The molecule has 1 amide bonds. The van der Waals surface area contributed by atoms with Crippen molar-refractivity contribution in [3.8, 4) is 0 Å². The molecule has 0 atom stereocenters. The van der Waals surface area contributed by atoms with E-state index in [2.05, 4.69) is 35.1 Å². The van der Waals surface area contributed by atoms with Crippen molar-refractivity contribution in [3.63, 3.8) is 0 Å². The smallest absolute Gasteiger partial charge is 0.407 e. The van der Waals surface area contributed by atoms with E-state index < -0.39 is 6.09 Å². The number of alkyl carbamates (subject to hydrolysis) is 1. The van der Waals surface area contributed by atoms with E-state index in [9.17, 15) is 4.79 Å². The lowest BCUT2D eigenvalue weighted by Crippen LogP contribution is -2.25. The van der Waals surface area contributed by atoms with E-state index in [1.165, 1.54) is 24.8 Å². The van der Waals surface area contributed by atoms with Crippen LogP contribution in [-0.4, -0.2) is 12.6 Å². The predicted octanol–water partition coefficient (Wildman–Crippen LogP) is 5.16. The van der Waals surface area contributed by atoms with E-state index in [1.807, 2.05) is 30.3 Å². The topological polar surface area (TPSA) is 38.3 Å². The molecular weight excluding hydrogens is 330 g/mol. The van der Waals surface area contributed by atoms with Gasteiger partial charge in [0, 0.05) is 4.48 Å². The first-order valence-corrected chi connectivity index (χ1v) is 8.21. The van der Waals surface area contributed by atoms with Crippen LogP contribution in [0, 0.1) is 0 Å². The van der Waals surface area contributed by atoms with E-state index in [0.29, 0.717) is 13.2 Å². The minimum Gasteiger partial charge on any atom is -0.445 e. The first kappa shape index (κ1) is 17.8. The van der Waals surface area contributed by atoms with Gasteiger partial charge >= 0.3 is 6.09 Å². The summed E-state index contributed by atoms with van der Waals surface area (Å²) < 4.78 is 6.20. The molecule has 1 aromatic carbocycles. The molecule has 1 rings (SSSR count). The molecule has 1 N–H and O–H groups in total. The maximum Gasteiger partial charge on any atom is 0.407 e. The Labute approximate surface area is 135 Å². The van der Waals surface area contributed by atoms with Gasteiger partial charge in [0.15, 0.2) is 0 Å². The van der Waals surface area contributed by atoms with Gasteiger partial charge in [-0.3, -0.25) is 0 Å². The summed E-state index contributed by atoms with van der Waals surface area (Å²) in [7, 11) is 0. The molecule has 116 valence electrons. The second-order valence-electron chi connectivity index (χ2n) is 5.06. The van der Waals surface area contributed by atoms with E-state index >= 15 is 0 Å². The van der Waals surface area contributed by atoms with Crippen LogP contribution in [0.2, 0.25) is 0 Å². The molecule has 3 nitrogen and oxygen atoms in total. The van der Waals surface area contributed by atoms with Gasteiger partial charge in [0.2, 0.25) is 0 Å². The predicted molar refractivity (Wildman–Crippen MR) is 90.4 cm³/mol. The Bertz CT molecular complexity index is 457. The van der Waals surface area contributed by atoms with Crippen LogP contribution in [0.25, 0.3) is 0 Å². The molecule has 0 aromatic heterocycles. The Hall–Kier alpha value is -1.29. The molecule has 0 unspecified atom stereocenters. The largest absolute Gasteiger partial charge is 0.445 e. The van der Waals surface area contributed by atoms with Gasteiger partial charge in [-0.2, -0.15) is 0 Å². The maximum absolute atomic E-state index is 11.6. The summed E-state index contributed by atoms with van der Waals surface area (Å²) in [4.78, 5) is 11.6. The Balaban J connectivity index is 2.27. The third-order valence-electron chi connectivity index (χ3n) is 3.22. The van der Waals surface area contributed by atoms with E-state index in [0.717, 1.165) is 16.5 Å². The molecule has 4 heteroatoms. The number of carbonyl (C=O) groups excluding carboxylic acids is 1. The minimum atomic E-state index is -0.392. The molecule has 0 aliphatic heterocycles. The van der Waals surface area contributed by atoms with Crippen molar-refractivity contribution in [2.75, 3.05) is 6.54 Å². The van der Waals surface area contributed by atoms with Crippen LogP contribution in [0.15, 0.2) is 40.4 Å². The highest BCUT2D eigenvalue weighted by atomic mass is 79.9. The van der Waals surface area contributed by atoms with E-state index in [1.54, 1.807) is 0 Å². The lowest BCUT2D eigenvalue weighted by Gasteiger charge is -2.09. The van der Waals surface area contributed by atoms with Crippen LogP contribution < -0.4 is 5.32 Å². The molecule has 0 heterocycles. The number of nitrogens with one attached hydrogen (secondary N) is 1. The standard InChI is InChI=1S/C17H24BrNO2/c1-3-4-6-9-14(2)16(18)12-19-17(20)21-13-15-10-7-5-8-11-15/h5,7-8,10-11H,3-4,6,9,12-13H2,1-2H3,(H,19,20)/b16-14-. The zero-order valence-corrected chi connectivity index (χ0v) is 14.4. The first-order valence-electron chi connectivity index (χ1n) is 7.42. The number of unbranched alkanes of at least 4 members (excludes halogenated alkanes) is 2. The van der Waals surface area contributed by atoms with Gasteiger partial charge < -0.3 is 10.1 Å². The molecular formula is C17H24BrNO2. The molecule has 1 aromatic rings. The van der Waals surface area contributed by atoms with Crippen molar-refractivity contribution in [2.45, 2.75) is 46.1 Å². The SMILES string of the molecule is CCCCC/C(C)=C(\Br)CNC(=O)OCc1ccccc1. The fourth-order valence-electron chi connectivity index (χ4n) is 1.85. The third-order valence-corrected chi connectivity index (χ3v) is 4.18. The zero-order valence-electron chi connectivity index (χ0n) is 12.8. The fraction of sp³-hybridized carbons (Fsp3) is 0.471. The monoisotopic (exact) mass is 353 g/mol. The number of hydrogen-bond donors (Lipinski definition) is 1. The summed E-state index contributed by atoms with van der Waals surface area (Å²) in [5.41, 5.74) is 2.27. The average Bonchev–Trinajstić information content (AvgIpc) is 2.51. The number of allylic oxidation sites excluding steroid dienone is 1. The average molecular weight is 354 g/mol. The summed E-state index contributed by atoms with van der Waals surface area (Å²) in [6.07, 6.45) is 4.32. The molecule has 21 heavy (non-hydrogen) atoms. The normalized spacial score (nSPS) is 11.8. The van der Waals surface area contributed by atoms with Crippen molar-refractivity contribution >= 4 is 22.0 Å². The summed E-state index contributed by atoms with van der Waals surface area (Å²) in [6, 6.07) is 9.65. The summed E-state index contributed by atoms with van der Waals surface area (Å²) in [6.45, 7) is 5.06. The minimum absolute atomic E-state index is 0.295. The number of carbonyl (C=O) groups is 1. The number of ether oxygens (including phenoxy) is 1. The Morgan fingerprint density at radius 1 is 1.24 bits per heavy atom. The van der Waals surface area contributed by atoms with Gasteiger partial charge in [0.25, 0.3) is 0 Å². The lowest BCUT2D eigenvalue weighted by atomic mass is 10.1. The Morgan fingerprint density at radius 3 is 2.62 bits per heavy atom. The number of amides is 1. The van der Waals surface area contributed by atoms with Gasteiger partial charge in [-0.05, 0) is 25.3 Å². The Morgan fingerprint density at radius 2 is 1.95 bits per heavy atom. The quantitative estimate of drug-likeness (QED) is 0.655. The van der Waals surface area contributed by atoms with Crippen LogP contribution in [-0.2, 0) is 11.3 Å². The van der Waals surface area contributed by atoms with Gasteiger partial charge in [0.1, 0.15) is 6.61 Å². The highest BCUT2D eigenvalue weighted by Crippen LogP contribution is 2.17. The van der Waals surface area contributed by atoms with Gasteiger partial charge in [0.05, 0.1) is 6.54 Å². The van der Waals surface area contributed by atoms with Crippen LogP contribution in [0.4, 0.5) is 4.79 Å². The first-order chi connectivity index (χ1) is 10.1. The number of rotatable bonds is 8. The molecule has 0 saturated heterocycles. The van der Waals surface area contributed by atoms with Gasteiger partial charge in [-0.15, -0.1) is 0 Å². The van der Waals surface area contributed by atoms with Crippen LogP contribution in [0.5, 0.6) is 0 Å². The van der Waals surface area contributed by atoms with Gasteiger partial charge in [-0.25, -0.2) is 4.79 Å². The third kappa shape index (κ3) is 7.90. The summed E-state index contributed by atoms with van der Waals surface area (Å²) in [5.74, 6) is 0. The molecule has 0 aliphatic carbocycles. The van der Waals surface area contributed by atoms with E-state index in [-0.39, 0.29) is 0 Å². The summed E-state index contributed by atoms with van der Waals surface area (Å²) in [5, 5.41) is 2.76. The van der Waals surface area contributed by atoms with Crippen molar-refractivity contribution in [3.05, 3.63) is 46.0 Å². The molecule has 0 aliphatic rings. The molecule has 0 bridgehead atoms. The lowest BCUT2D eigenvalue weighted by molar-refractivity contribution is 0.140. The zero-order chi connectivity index (χ0) is 15.5. The molecule has 0 spiro atoms.